The van der Waals surface area contributed by atoms with Gasteiger partial charge in [-0.25, -0.2) is 15.0 Å². The molecule has 0 radical (unpaired) electrons. The Labute approximate surface area is 627 Å². The fourth-order valence-corrected chi connectivity index (χ4v) is 17.0. The molecule has 0 saturated carbocycles. The van der Waals surface area contributed by atoms with Crippen LogP contribution in [0.3, 0.4) is 0 Å². The van der Waals surface area contributed by atoms with Gasteiger partial charge in [-0.15, -0.1) is 0 Å². The van der Waals surface area contributed by atoms with E-state index in [0.29, 0.717) is 17.5 Å². The summed E-state index contributed by atoms with van der Waals surface area (Å²) in [4.78, 5) is 16.0. The SMILES string of the molecule is c1ccc(-c2cc(-c3ccccc3)cc(-c3cccc(-c4c(-c5ccccc5)c(-c5ccccc5)c(-c5cccc(-c6nc(-c7ccccc7)nc(-c7ccccc7)n6)c5)c5c6cccc7c8c(-c9ccccc9)c(-c9ccccc9)c(-c9ccccc9)c(-c9ccccc9)c8c8cccc(c45)c8c76)c3)c2)cc1. The number of aromatic nitrogens is 3. The second-order valence-corrected chi connectivity index (χ2v) is 27.9. The van der Waals surface area contributed by atoms with Gasteiger partial charge in [0, 0.05) is 16.7 Å². The highest BCUT2D eigenvalue weighted by atomic mass is 15.0. The topological polar surface area (TPSA) is 38.7 Å². The van der Waals surface area contributed by atoms with Gasteiger partial charge in [0.25, 0.3) is 0 Å². The van der Waals surface area contributed by atoms with Crippen LogP contribution in [0.15, 0.2) is 406 Å². The van der Waals surface area contributed by atoms with Crippen LogP contribution >= 0.6 is 0 Å². The highest BCUT2D eigenvalue weighted by molar-refractivity contribution is 6.46. The Balaban J connectivity index is 1.00. The van der Waals surface area contributed by atoms with E-state index >= 15 is 0 Å². The molecule has 502 valence electrons. The Bertz CT molecular complexity index is 6230. The van der Waals surface area contributed by atoms with Gasteiger partial charge < -0.3 is 0 Å². The molecule has 0 aliphatic heterocycles. The fourth-order valence-electron chi connectivity index (χ4n) is 17.0. The maximum absolute atomic E-state index is 5.41. The lowest BCUT2D eigenvalue weighted by molar-refractivity contribution is 1.07. The predicted octanol–water partition coefficient (Wildman–Crippen LogP) is 28.4. The Kier molecular flexibility index (Phi) is 15.9. The zero-order chi connectivity index (χ0) is 71.4. The molecule has 0 aliphatic rings. The molecule has 20 rings (SSSR count). The molecule has 0 bridgehead atoms. The van der Waals surface area contributed by atoms with E-state index in [1.54, 1.807) is 0 Å². The molecule has 3 heteroatoms. The number of rotatable bonds is 14. The van der Waals surface area contributed by atoms with Crippen molar-refractivity contribution in [3.05, 3.63) is 406 Å². The van der Waals surface area contributed by atoms with Crippen molar-refractivity contribution in [2.24, 2.45) is 0 Å². The van der Waals surface area contributed by atoms with E-state index < -0.39 is 0 Å². The van der Waals surface area contributed by atoms with E-state index in [1.165, 1.54) is 54.6 Å². The van der Waals surface area contributed by atoms with Crippen molar-refractivity contribution >= 4 is 53.9 Å². The van der Waals surface area contributed by atoms with Crippen molar-refractivity contribution in [2.45, 2.75) is 0 Å². The summed E-state index contributed by atoms with van der Waals surface area (Å²) in [6.45, 7) is 0. The third-order valence-corrected chi connectivity index (χ3v) is 21.6. The van der Waals surface area contributed by atoms with Crippen molar-refractivity contribution in [3.63, 3.8) is 0 Å². The molecular formula is C105H67N3. The molecule has 1 heterocycles. The van der Waals surface area contributed by atoms with Crippen molar-refractivity contribution in [1.82, 2.24) is 15.0 Å². The second kappa shape index (κ2) is 27.1. The molecule has 3 nitrogen and oxygen atoms in total. The lowest BCUT2D eigenvalue weighted by atomic mass is 9.73. The Morgan fingerprint density at radius 1 is 0.111 bits per heavy atom. The zero-order valence-electron chi connectivity index (χ0n) is 59.0. The summed E-state index contributed by atoms with van der Waals surface area (Å²) in [5, 5.41) is 11.8. The van der Waals surface area contributed by atoms with E-state index in [2.05, 4.69) is 370 Å². The van der Waals surface area contributed by atoms with Gasteiger partial charge in [-0.1, -0.05) is 376 Å². The van der Waals surface area contributed by atoms with E-state index in [1.807, 2.05) is 36.4 Å². The van der Waals surface area contributed by atoms with Crippen molar-refractivity contribution in [2.75, 3.05) is 0 Å². The molecule has 0 spiro atoms. The summed E-state index contributed by atoms with van der Waals surface area (Å²) < 4.78 is 0. The van der Waals surface area contributed by atoms with Crippen molar-refractivity contribution in [1.29, 1.82) is 0 Å². The van der Waals surface area contributed by atoms with Crippen LogP contribution in [0.5, 0.6) is 0 Å². The first kappa shape index (κ1) is 63.4. The molecule has 0 saturated heterocycles. The maximum Gasteiger partial charge on any atom is 0.164 e. The minimum absolute atomic E-state index is 0.582. The fraction of sp³-hybridized carbons (Fsp3) is 0. The monoisotopic (exact) mass is 1370 g/mol. The summed E-state index contributed by atoms with van der Waals surface area (Å²) in [7, 11) is 0. The van der Waals surface area contributed by atoms with E-state index in [-0.39, 0.29) is 0 Å². The average molecular weight is 1370 g/mol. The highest BCUT2D eigenvalue weighted by Crippen LogP contribution is 2.60. The van der Waals surface area contributed by atoms with Gasteiger partial charge in [-0.3, -0.25) is 0 Å². The van der Waals surface area contributed by atoms with Crippen LogP contribution in [0.1, 0.15) is 0 Å². The first-order valence-corrected chi connectivity index (χ1v) is 37.1. The van der Waals surface area contributed by atoms with Gasteiger partial charge in [-0.2, -0.15) is 0 Å². The van der Waals surface area contributed by atoms with E-state index in [0.717, 1.165) is 138 Å². The van der Waals surface area contributed by atoms with Gasteiger partial charge in [0.1, 0.15) is 0 Å². The van der Waals surface area contributed by atoms with Crippen LogP contribution in [-0.4, -0.2) is 15.0 Å². The normalized spacial score (nSPS) is 11.5. The van der Waals surface area contributed by atoms with Gasteiger partial charge in [0.05, 0.1) is 0 Å². The molecule has 19 aromatic carbocycles. The lowest BCUT2D eigenvalue weighted by Gasteiger charge is -2.29. The number of hydrogen-bond acceptors (Lipinski definition) is 3. The molecule has 0 N–H and O–H groups in total. The summed E-state index contributed by atoms with van der Waals surface area (Å²) in [5.41, 5.74) is 27.7. The zero-order valence-corrected chi connectivity index (χ0v) is 59.0. The Morgan fingerprint density at radius 2 is 0.296 bits per heavy atom. The number of hydrogen-bond donors (Lipinski definition) is 0. The number of fused-ring (bicyclic) bond motifs is 6. The first-order valence-electron chi connectivity index (χ1n) is 37.1. The van der Waals surface area contributed by atoms with Crippen LogP contribution in [0.25, 0.3) is 210 Å². The summed E-state index contributed by atoms with van der Waals surface area (Å²) in [5.74, 6) is 1.79. The van der Waals surface area contributed by atoms with Crippen LogP contribution in [0.2, 0.25) is 0 Å². The molecule has 0 amide bonds. The number of nitrogens with zero attached hydrogens (tertiary/aromatic N) is 3. The third kappa shape index (κ3) is 11.0. The lowest BCUT2D eigenvalue weighted by Crippen LogP contribution is -2.02. The molecule has 1 aromatic heterocycles. The predicted molar refractivity (Wildman–Crippen MR) is 455 cm³/mol. The quantitative estimate of drug-likeness (QED) is 0.0804. The van der Waals surface area contributed by atoms with Gasteiger partial charge in [0.2, 0.25) is 0 Å². The summed E-state index contributed by atoms with van der Waals surface area (Å²) >= 11 is 0. The van der Waals surface area contributed by atoms with E-state index in [9.17, 15) is 0 Å². The first-order chi connectivity index (χ1) is 53.6. The third-order valence-electron chi connectivity index (χ3n) is 21.6. The maximum atomic E-state index is 5.41. The smallest absolute Gasteiger partial charge is 0.164 e. The van der Waals surface area contributed by atoms with Crippen LogP contribution < -0.4 is 0 Å². The highest BCUT2D eigenvalue weighted by Gasteiger charge is 2.33. The molecule has 0 fully saturated rings. The van der Waals surface area contributed by atoms with Crippen molar-refractivity contribution < 1.29 is 0 Å². The van der Waals surface area contributed by atoms with E-state index in [4.69, 9.17) is 15.0 Å². The Morgan fingerprint density at radius 3 is 0.593 bits per heavy atom. The molecule has 0 aliphatic carbocycles. The second-order valence-electron chi connectivity index (χ2n) is 27.9. The largest absolute Gasteiger partial charge is 0.208 e. The van der Waals surface area contributed by atoms with Gasteiger partial charge >= 0.3 is 0 Å². The van der Waals surface area contributed by atoms with Gasteiger partial charge in [-0.05, 0) is 207 Å². The molecule has 0 atom stereocenters. The molecular weight excluding hydrogens is 1300 g/mol. The minimum Gasteiger partial charge on any atom is -0.208 e. The summed E-state index contributed by atoms with van der Waals surface area (Å²) in [6.07, 6.45) is 0. The summed E-state index contributed by atoms with van der Waals surface area (Å²) in [6, 6.07) is 149. The molecule has 20 aromatic rings. The standard InChI is InChI=1S/C105H67N3/c1-11-35-68(36-12-1)82-65-83(69-37-13-2-14-38-69)67-84(66-82)78-55-31-56-79(63-78)95-91(72-43-19-5-20-44-72)92(73-45-21-6-22-46-73)96(80-57-32-58-81(64-80)105-107-103(76-51-27-9-28-52-76)106-104(108-105)77-53-29-10-30-54-77)102-88-62-34-60-86-98(88)97-85(59-33-61-87(97)101(95)102)99-93(74-47-23-7-24-48-74)89(70-39-15-3-16-40-70)90(71-41-17-4-18-42-71)94(100(86)99)75-49-25-8-26-50-75/h1-67H. The van der Waals surface area contributed by atoms with Crippen LogP contribution in [0, 0.1) is 0 Å². The van der Waals surface area contributed by atoms with Crippen LogP contribution in [0.4, 0.5) is 0 Å². The molecule has 108 heavy (non-hydrogen) atoms. The van der Waals surface area contributed by atoms with Crippen LogP contribution in [-0.2, 0) is 0 Å². The van der Waals surface area contributed by atoms with Gasteiger partial charge in [0.15, 0.2) is 17.5 Å². The number of benzene rings is 19. The average Bonchev–Trinajstić information content (AvgIpc) is 0.672. The molecule has 0 unspecified atom stereocenters. The van der Waals surface area contributed by atoms with Crippen molar-refractivity contribution in [3.8, 4) is 157 Å². The minimum atomic E-state index is 0.582. The Hall–Kier alpha value is -14.3.